The molecule has 0 bridgehead atoms. The Kier molecular flexibility index (Phi) is 2.78. The quantitative estimate of drug-likeness (QED) is 0.736. The number of hydrogen-bond acceptors (Lipinski definition) is 4. The van der Waals surface area contributed by atoms with Crippen molar-refractivity contribution in [3.63, 3.8) is 0 Å². The van der Waals surface area contributed by atoms with E-state index in [9.17, 15) is 4.79 Å². The summed E-state index contributed by atoms with van der Waals surface area (Å²) in [5, 5.41) is 10.3. The van der Waals surface area contributed by atoms with Crippen LogP contribution in [-0.4, -0.2) is 32.4 Å². The smallest absolute Gasteiger partial charge is 0.330 e. The van der Waals surface area contributed by atoms with Crippen molar-refractivity contribution in [1.29, 1.82) is 0 Å². The van der Waals surface area contributed by atoms with E-state index >= 15 is 0 Å². The van der Waals surface area contributed by atoms with Crippen molar-refractivity contribution in [2.75, 3.05) is 12.0 Å². The highest BCUT2D eigenvalue weighted by Crippen LogP contribution is 2.41. The molecule has 1 fully saturated rings. The van der Waals surface area contributed by atoms with Gasteiger partial charge in [0, 0.05) is 23.5 Å². The van der Waals surface area contributed by atoms with Crippen LogP contribution in [-0.2, 0) is 5.54 Å². The molecule has 2 aromatic heterocycles. The van der Waals surface area contributed by atoms with Gasteiger partial charge in [0.1, 0.15) is 18.0 Å². The molecule has 2 amide bonds. The topological polar surface area (TPSA) is 104 Å². The number of nitrogens with zero attached hydrogens (tertiary/aromatic N) is 4. The van der Waals surface area contributed by atoms with Gasteiger partial charge < -0.3 is 10.3 Å². The second kappa shape index (κ2) is 4.61. The molecule has 3 heterocycles. The minimum Gasteiger partial charge on any atom is -0.384 e. The van der Waals surface area contributed by atoms with E-state index in [0.717, 1.165) is 29.2 Å². The van der Waals surface area contributed by atoms with Gasteiger partial charge in [0.25, 0.3) is 0 Å². The van der Waals surface area contributed by atoms with Crippen LogP contribution in [0.3, 0.4) is 0 Å². The molecule has 4 rings (SSSR count). The molecular weight excluding hydrogens is 294 g/mol. The van der Waals surface area contributed by atoms with E-state index in [1.165, 1.54) is 4.90 Å². The number of hydrogen-bond donors (Lipinski definition) is 3. The number of nitrogens with one attached hydrogen (secondary N) is 2. The van der Waals surface area contributed by atoms with Crippen LogP contribution in [0.4, 0.5) is 10.6 Å². The van der Waals surface area contributed by atoms with Crippen molar-refractivity contribution >= 4 is 17.7 Å². The van der Waals surface area contributed by atoms with E-state index in [1.54, 1.807) is 6.07 Å². The number of fused-ring (bicyclic) bond motifs is 1. The fourth-order valence-corrected chi connectivity index (χ4v) is 2.83. The standard InChI is InChI=1S/C15H19N7O/c1-9-7-11(20-19-9)18-14(23)21-8-17-13-10(12(21)16)3-6-22(13)15(2)4-5-15/h3,6-7H,4-5,8,16H2,1-2H3,(H2,18,19,20,23). The zero-order chi connectivity index (χ0) is 16.2. The Hall–Kier alpha value is -2.77. The molecule has 0 saturated heterocycles. The van der Waals surface area contributed by atoms with Gasteiger partial charge in [0.05, 0.1) is 5.22 Å². The number of aromatic amines is 1. The Balaban J connectivity index is 1.65. The molecule has 120 valence electrons. The Bertz CT molecular complexity index is 903. The minimum absolute atomic E-state index is 0.147. The highest BCUT2D eigenvalue weighted by atomic mass is 16.2. The van der Waals surface area contributed by atoms with Crippen molar-refractivity contribution in [2.45, 2.75) is 32.2 Å². The van der Waals surface area contributed by atoms with Gasteiger partial charge >= 0.3 is 6.03 Å². The van der Waals surface area contributed by atoms with Crippen molar-refractivity contribution in [1.82, 2.24) is 19.7 Å². The van der Waals surface area contributed by atoms with Crippen LogP contribution >= 0.6 is 0 Å². The lowest BCUT2D eigenvalue weighted by molar-refractivity contribution is 0.230. The lowest BCUT2D eigenvalue weighted by Crippen LogP contribution is -2.49. The number of nitrogens with two attached hydrogens (primary N) is 1. The zero-order valence-corrected chi connectivity index (χ0v) is 13.1. The maximum atomic E-state index is 12.4. The molecule has 2 aromatic rings. The lowest BCUT2D eigenvalue weighted by atomic mass is 10.3. The fraction of sp³-hybridized carbons (Fsp3) is 0.400. The molecule has 0 spiro atoms. The monoisotopic (exact) mass is 313 g/mol. The third kappa shape index (κ3) is 2.18. The summed E-state index contributed by atoms with van der Waals surface area (Å²) in [5.41, 5.74) is 8.09. The van der Waals surface area contributed by atoms with E-state index in [-0.39, 0.29) is 18.2 Å². The van der Waals surface area contributed by atoms with E-state index in [0.29, 0.717) is 11.6 Å². The summed E-state index contributed by atoms with van der Waals surface area (Å²) in [4.78, 5) is 18.4. The maximum Gasteiger partial charge on any atom is 0.330 e. The zero-order valence-electron chi connectivity index (χ0n) is 13.1. The first-order valence-electron chi connectivity index (χ1n) is 7.61. The highest BCUT2D eigenvalue weighted by Gasteiger charge is 2.40. The summed E-state index contributed by atoms with van der Waals surface area (Å²) in [6, 6.07) is 3.34. The summed E-state index contributed by atoms with van der Waals surface area (Å²) in [6.07, 6.45) is 4.30. The summed E-state index contributed by atoms with van der Waals surface area (Å²) < 4.78 is 2.17. The molecule has 8 nitrogen and oxygen atoms in total. The van der Waals surface area contributed by atoms with Gasteiger partial charge in [-0.05, 0) is 32.8 Å². The molecular formula is C15H19N7O. The number of carbonyl (C=O) groups is 1. The van der Waals surface area contributed by atoms with Gasteiger partial charge in [0.2, 0.25) is 0 Å². The van der Waals surface area contributed by atoms with Gasteiger partial charge in [-0.25, -0.2) is 9.79 Å². The number of urea groups is 1. The van der Waals surface area contributed by atoms with Crippen LogP contribution in [0.1, 0.15) is 25.5 Å². The third-order valence-corrected chi connectivity index (χ3v) is 4.53. The fourth-order valence-electron chi connectivity index (χ4n) is 2.83. The summed E-state index contributed by atoms with van der Waals surface area (Å²) >= 11 is 0. The first-order valence-corrected chi connectivity index (χ1v) is 7.61. The molecule has 4 N–H and O–H groups in total. The number of rotatable bonds is 2. The number of aryl methyl sites for hydroxylation is 1. The van der Waals surface area contributed by atoms with Gasteiger partial charge in [-0.3, -0.25) is 15.3 Å². The van der Waals surface area contributed by atoms with Crippen LogP contribution in [0.2, 0.25) is 0 Å². The average molecular weight is 313 g/mol. The van der Waals surface area contributed by atoms with E-state index in [4.69, 9.17) is 5.73 Å². The summed E-state index contributed by atoms with van der Waals surface area (Å²) in [7, 11) is 0. The molecule has 0 unspecified atom stereocenters. The van der Waals surface area contributed by atoms with Gasteiger partial charge in [-0.1, -0.05) is 0 Å². The van der Waals surface area contributed by atoms with Gasteiger partial charge in [0.15, 0.2) is 5.82 Å². The van der Waals surface area contributed by atoms with Crippen LogP contribution in [0.25, 0.3) is 5.82 Å². The number of anilines is 1. The normalized spacial score (nSPS) is 18.3. The SMILES string of the molecule is Cc1cc(NC(=O)N2CN=c3c(ccn3C3(C)CC3)=C2N)n[nH]1. The molecule has 0 radical (unpaired) electrons. The first kappa shape index (κ1) is 13.9. The molecule has 8 heteroatoms. The second-order valence-electron chi connectivity index (χ2n) is 6.40. The number of carbonyl (C=O) groups excluding carboxylic acids is 1. The molecule has 1 aliphatic heterocycles. The van der Waals surface area contributed by atoms with Crippen LogP contribution in [0.15, 0.2) is 23.3 Å². The molecule has 1 saturated carbocycles. The Morgan fingerprint density at radius 2 is 2.26 bits per heavy atom. The van der Waals surface area contributed by atoms with Crippen molar-refractivity contribution < 1.29 is 4.79 Å². The van der Waals surface area contributed by atoms with Crippen LogP contribution in [0, 0.1) is 6.92 Å². The Morgan fingerprint density at radius 1 is 1.48 bits per heavy atom. The van der Waals surface area contributed by atoms with Crippen LogP contribution in [0.5, 0.6) is 0 Å². The highest BCUT2D eigenvalue weighted by molar-refractivity contribution is 5.92. The van der Waals surface area contributed by atoms with Crippen molar-refractivity contribution in [3.05, 3.63) is 34.7 Å². The van der Waals surface area contributed by atoms with Crippen molar-refractivity contribution in [2.24, 2.45) is 10.7 Å². The third-order valence-electron chi connectivity index (χ3n) is 4.53. The van der Waals surface area contributed by atoms with E-state index in [2.05, 4.69) is 32.0 Å². The summed E-state index contributed by atoms with van der Waals surface area (Å²) in [5.74, 6) is 0.886. The van der Waals surface area contributed by atoms with Crippen molar-refractivity contribution in [3.8, 4) is 0 Å². The second-order valence-corrected chi connectivity index (χ2v) is 6.40. The minimum atomic E-state index is -0.339. The largest absolute Gasteiger partial charge is 0.384 e. The lowest BCUT2D eigenvalue weighted by Gasteiger charge is -2.23. The predicted octanol–water partition coefficient (Wildman–Crippen LogP) is 0.178. The van der Waals surface area contributed by atoms with Crippen LogP contribution < -0.4 is 21.8 Å². The average Bonchev–Trinajstić information content (AvgIpc) is 2.94. The Morgan fingerprint density at radius 3 is 2.91 bits per heavy atom. The molecule has 0 atom stereocenters. The molecule has 2 aliphatic rings. The van der Waals surface area contributed by atoms with Gasteiger partial charge in [-0.15, -0.1) is 0 Å². The summed E-state index contributed by atoms with van der Waals surface area (Å²) in [6.45, 7) is 4.28. The molecule has 1 aliphatic carbocycles. The number of aromatic nitrogens is 3. The van der Waals surface area contributed by atoms with E-state index in [1.807, 2.05) is 19.2 Å². The maximum absolute atomic E-state index is 12.4. The molecule has 23 heavy (non-hydrogen) atoms. The number of amides is 2. The first-order chi connectivity index (χ1) is 11.0. The predicted molar refractivity (Wildman–Crippen MR) is 84.7 cm³/mol. The molecule has 0 aromatic carbocycles. The number of H-pyrrole nitrogens is 1. The Labute approximate surface area is 132 Å². The van der Waals surface area contributed by atoms with Gasteiger partial charge in [-0.2, -0.15) is 5.10 Å². The van der Waals surface area contributed by atoms with E-state index < -0.39 is 0 Å².